The molecule has 0 aliphatic carbocycles. The topological polar surface area (TPSA) is 88.4 Å². The fraction of sp³-hybridized carbons (Fsp3) is 0.800. The lowest BCUT2D eigenvalue weighted by atomic mass is 10.1. The second-order valence-corrected chi connectivity index (χ2v) is 13.6. The highest BCUT2D eigenvalue weighted by atomic mass is 16.5. The molecular formula is C40H72N3O4+. The summed E-state index contributed by atoms with van der Waals surface area (Å²) in [6.45, 7) is 8.00. The fourth-order valence-corrected chi connectivity index (χ4v) is 5.97. The number of nitrogens with zero attached hydrogens (tertiary/aromatic N) is 1. The number of hydrogen-bond donors (Lipinski definition) is 2. The standard InChI is InChI=1S/C40H71N3O4/c1-4-6-8-9-10-11-14-17-22-30-38(44)41-32-24-23-29-37(42-39(45)31-20-7-5-2)40(46)47-36(3)28-21-16-13-12-15-18-25-33-43-34-26-19-27-35-43/h19,26-27,34-37H,4-18,20-25,28-33H2,1-3H3,(H-,41,42,44,45)/p+1/t36?,37-/m0/s1. The van der Waals surface area contributed by atoms with Crippen molar-refractivity contribution in [2.24, 2.45) is 0 Å². The summed E-state index contributed by atoms with van der Waals surface area (Å²) in [4.78, 5) is 37.9. The first-order valence-electron chi connectivity index (χ1n) is 19.7. The van der Waals surface area contributed by atoms with Crippen LogP contribution in [0.25, 0.3) is 0 Å². The molecule has 0 fully saturated rings. The van der Waals surface area contributed by atoms with Gasteiger partial charge in [-0.3, -0.25) is 9.59 Å². The number of carbonyl (C=O) groups is 3. The number of pyridine rings is 1. The Morgan fingerprint density at radius 3 is 1.77 bits per heavy atom. The van der Waals surface area contributed by atoms with Gasteiger partial charge in [-0.1, -0.05) is 110 Å². The van der Waals surface area contributed by atoms with Gasteiger partial charge < -0.3 is 15.4 Å². The van der Waals surface area contributed by atoms with Crippen LogP contribution in [-0.2, 0) is 25.7 Å². The number of carbonyl (C=O) groups excluding carboxylic acids is 3. The van der Waals surface area contributed by atoms with Crippen molar-refractivity contribution in [3.05, 3.63) is 30.6 Å². The van der Waals surface area contributed by atoms with Gasteiger partial charge in [-0.2, -0.15) is 0 Å². The fourth-order valence-electron chi connectivity index (χ4n) is 5.97. The van der Waals surface area contributed by atoms with Gasteiger partial charge >= 0.3 is 5.97 Å². The van der Waals surface area contributed by atoms with Crippen LogP contribution in [-0.4, -0.2) is 36.5 Å². The predicted octanol–water partition coefficient (Wildman–Crippen LogP) is 9.30. The van der Waals surface area contributed by atoms with Crippen molar-refractivity contribution < 1.29 is 23.7 Å². The van der Waals surface area contributed by atoms with E-state index in [2.05, 4.69) is 59.6 Å². The van der Waals surface area contributed by atoms with Crippen molar-refractivity contribution in [3.8, 4) is 0 Å². The molecule has 7 nitrogen and oxygen atoms in total. The van der Waals surface area contributed by atoms with E-state index in [4.69, 9.17) is 4.74 Å². The molecular weight excluding hydrogens is 586 g/mol. The molecule has 0 spiro atoms. The number of rotatable bonds is 32. The van der Waals surface area contributed by atoms with E-state index in [0.717, 1.165) is 70.8 Å². The molecule has 2 N–H and O–H groups in total. The molecule has 0 saturated heterocycles. The highest BCUT2D eigenvalue weighted by molar-refractivity contribution is 5.84. The average molecular weight is 659 g/mol. The van der Waals surface area contributed by atoms with Crippen molar-refractivity contribution in [1.29, 1.82) is 0 Å². The highest BCUT2D eigenvalue weighted by Crippen LogP contribution is 2.14. The van der Waals surface area contributed by atoms with Gasteiger partial charge in [0.25, 0.3) is 0 Å². The molecule has 2 amide bonds. The summed E-state index contributed by atoms with van der Waals surface area (Å²) < 4.78 is 8.05. The first kappa shape index (κ1) is 42.6. The molecule has 1 heterocycles. The lowest BCUT2D eigenvalue weighted by molar-refractivity contribution is -0.697. The minimum absolute atomic E-state index is 0.0790. The highest BCUT2D eigenvalue weighted by Gasteiger charge is 2.23. The number of aromatic nitrogens is 1. The Balaban J connectivity index is 2.23. The van der Waals surface area contributed by atoms with Crippen LogP contribution in [0.3, 0.4) is 0 Å². The van der Waals surface area contributed by atoms with E-state index in [1.54, 1.807) is 0 Å². The first-order chi connectivity index (χ1) is 23.0. The molecule has 0 bridgehead atoms. The van der Waals surface area contributed by atoms with E-state index < -0.39 is 6.04 Å². The summed E-state index contributed by atoms with van der Waals surface area (Å²) in [6, 6.07) is 5.58. The minimum Gasteiger partial charge on any atom is -0.461 e. The number of ether oxygens (including phenoxy) is 1. The third kappa shape index (κ3) is 26.2. The van der Waals surface area contributed by atoms with Gasteiger partial charge in [-0.15, -0.1) is 0 Å². The third-order valence-electron chi connectivity index (χ3n) is 9.00. The number of aryl methyl sites for hydroxylation is 1. The molecule has 1 rings (SSSR count). The van der Waals surface area contributed by atoms with Gasteiger partial charge in [0.05, 0.1) is 6.10 Å². The Hall–Kier alpha value is -2.44. The van der Waals surface area contributed by atoms with E-state index in [1.165, 1.54) is 77.0 Å². The Labute approximate surface area is 288 Å². The van der Waals surface area contributed by atoms with E-state index in [9.17, 15) is 14.4 Å². The van der Waals surface area contributed by atoms with Crippen LogP contribution in [0.5, 0.6) is 0 Å². The average Bonchev–Trinajstić information content (AvgIpc) is 3.06. The summed E-state index contributed by atoms with van der Waals surface area (Å²) in [6.07, 6.45) is 30.5. The third-order valence-corrected chi connectivity index (χ3v) is 9.00. The summed E-state index contributed by atoms with van der Waals surface area (Å²) in [5.41, 5.74) is 0. The van der Waals surface area contributed by atoms with Gasteiger partial charge in [0.2, 0.25) is 11.8 Å². The maximum absolute atomic E-state index is 13.1. The van der Waals surface area contributed by atoms with Crippen LogP contribution >= 0.6 is 0 Å². The van der Waals surface area contributed by atoms with Crippen molar-refractivity contribution in [2.45, 2.75) is 200 Å². The maximum Gasteiger partial charge on any atom is 0.328 e. The molecule has 2 atom stereocenters. The lowest BCUT2D eigenvalue weighted by Crippen LogP contribution is -2.42. The quantitative estimate of drug-likeness (QED) is 0.0459. The summed E-state index contributed by atoms with van der Waals surface area (Å²) in [5, 5.41) is 5.98. The van der Waals surface area contributed by atoms with E-state index in [0.29, 0.717) is 25.8 Å². The molecule has 1 aromatic heterocycles. The Morgan fingerprint density at radius 1 is 0.596 bits per heavy atom. The number of amides is 2. The lowest BCUT2D eigenvalue weighted by Gasteiger charge is -2.21. The SMILES string of the molecule is CCCCCCCCCCCC(=O)NCCCC[C@H](NC(=O)CCCCC)C(=O)OC(C)CCCCCCCCC[n+]1ccccc1. The molecule has 1 aromatic rings. The molecule has 47 heavy (non-hydrogen) atoms. The van der Waals surface area contributed by atoms with Crippen LogP contribution in [0.15, 0.2) is 30.6 Å². The van der Waals surface area contributed by atoms with Crippen molar-refractivity contribution in [3.63, 3.8) is 0 Å². The minimum atomic E-state index is -0.627. The number of nitrogens with one attached hydrogen (secondary N) is 2. The van der Waals surface area contributed by atoms with Gasteiger partial charge in [0.15, 0.2) is 12.4 Å². The zero-order valence-electron chi connectivity index (χ0n) is 30.7. The van der Waals surface area contributed by atoms with E-state index in [-0.39, 0.29) is 23.9 Å². The number of hydrogen-bond acceptors (Lipinski definition) is 4. The smallest absolute Gasteiger partial charge is 0.328 e. The normalized spacial score (nSPS) is 12.4. The zero-order chi connectivity index (χ0) is 34.2. The molecule has 0 radical (unpaired) electrons. The Morgan fingerprint density at radius 2 is 1.11 bits per heavy atom. The Bertz CT molecular complexity index is 895. The number of unbranched alkanes of at least 4 members (excludes halogenated alkanes) is 17. The van der Waals surface area contributed by atoms with E-state index in [1.807, 2.05) is 6.92 Å². The van der Waals surface area contributed by atoms with Gasteiger partial charge in [0, 0.05) is 37.9 Å². The van der Waals surface area contributed by atoms with Crippen LogP contribution in [0.4, 0.5) is 0 Å². The molecule has 270 valence electrons. The second-order valence-electron chi connectivity index (χ2n) is 13.6. The van der Waals surface area contributed by atoms with E-state index >= 15 is 0 Å². The Kier molecular flexibility index (Phi) is 28.0. The van der Waals surface area contributed by atoms with Crippen molar-refractivity contribution in [1.82, 2.24) is 10.6 Å². The van der Waals surface area contributed by atoms with Crippen LogP contribution in [0.2, 0.25) is 0 Å². The summed E-state index contributed by atoms with van der Waals surface area (Å²) >= 11 is 0. The second kappa shape index (κ2) is 30.9. The van der Waals surface area contributed by atoms with Gasteiger partial charge in [-0.05, 0) is 58.3 Å². The number of esters is 1. The zero-order valence-corrected chi connectivity index (χ0v) is 30.7. The predicted molar refractivity (Wildman–Crippen MR) is 194 cm³/mol. The molecule has 0 aliphatic rings. The van der Waals surface area contributed by atoms with Crippen LogP contribution < -0.4 is 15.2 Å². The monoisotopic (exact) mass is 659 g/mol. The molecule has 7 heteroatoms. The van der Waals surface area contributed by atoms with Crippen molar-refractivity contribution >= 4 is 17.8 Å². The van der Waals surface area contributed by atoms with Crippen LogP contribution in [0, 0.1) is 0 Å². The molecule has 0 aliphatic heterocycles. The van der Waals surface area contributed by atoms with Crippen molar-refractivity contribution in [2.75, 3.05) is 6.54 Å². The maximum atomic E-state index is 13.1. The summed E-state index contributed by atoms with van der Waals surface area (Å²) in [7, 11) is 0. The first-order valence-corrected chi connectivity index (χ1v) is 19.7. The largest absolute Gasteiger partial charge is 0.461 e. The molecule has 1 unspecified atom stereocenters. The summed E-state index contributed by atoms with van der Waals surface area (Å²) in [5.74, 6) is -0.291. The van der Waals surface area contributed by atoms with Crippen LogP contribution in [0.1, 0.15) is 181 Å². The molecule has 0 aromatic carbocycles. The van der Waals surface area contributed by atoms with Gasteiger partial charge in [0.1, 0.15) is 12.6 Å². The van der Waals surface area contributed by atoms with Gasteiger partial charge in [-0.25, -0.2) is 9.36 Å². The molecule has 0 saturated carbocycles.